The maximum Gasteiger partial charge on any atom is 0.319 e. The summed E-state index contributed by atoms with van der Waals surface area (Å²) in [6, 6.07) is 16.5. The number of aromatic nitrogens is 3. The second-order valence-corrected chi connectivity index (χ2v) is 6.89. The number of carbonyl (C=O) groups is 2. The first-order valence-electron chi connectivity index (χ1n) is 9.68. The number of hydrogen-bond donors (Lipinski definition) is 4. The summed E-state index contributed by atoms with van der Waals surface area (Å²) in [7, 11) is 0. The minimum atomic E-state index is -0.366. The lowest BCUT2D eigenvalue weighted by molar-refractivity contribution is -0.119. The Labute approximate surface area is 173 Å². The molecule has 1 atom stereocenters. The number of carbonyl (C=O) groups excluding carboxylic acids is 2. The third-order valence-electron chi connectivity index (χ3n) is 4.65. The van der Waals surface area contributed by atoms with Gasteiger partial charge in [-0.15, -0.1) is 0 Å². The van der Waals surface area contributed by atoms with Gasteiger partial charge in [0.25, 0.3) is 0 Å². The Kier molecular flexibility index (Phi) is 5.88. The Morgan fingerprint density at radius 1 is 1.17 bits per heavy atom. The first-order chi connectivity index (χ1) is 14.7. The van der Waals surface area contributed by atoms with E-state index in [1.54, 1.807) is 6.07 Å². The lowest BCUT2D eigenvalue weighted by atomic mass is 10.0. The maximum atomic E-state index is 12.2. The van der Waals surface area contributed by atoms with Gasteiger partial charge in [-0.25, -0.2) is 9.78 Å². The highest BCUT2D eigenvalue weighted by Crippen LogP contribution is 2.25. The van der Waals surface area contributed by atoms with E-state index in [9.17, 15) is 9.59 Å². The Hall–Kier alpha value is -3.88. The molecule has 1 aromatic heterocycles. The summed E-state index contributed by atoms with van der Waals surface area (Å²) in [4.78, 5) is 27.9. The number of urea groups is 1. The number of nitrogens with zero attached hydrogens (tertiary/aromatic N) is 2. The Morgan fingerprint density at radius 3 is 2.83 bits per heavy atom. The van der Waals surface area contributed by atoms with Crippen LogP contribution < -0.4 is 20.7 Å². The van der Waals surface area contributed by atoms with Crippen molar-refractivity contribution < 1.29 is 14.3 Å². The highest BCUT2D eigenvalue weighted by molar-refractivity contribution is 5.89. The summed E-state index contributed by atoms with van der Waals surface area (Å²) in [6.45, 7) is 0.430. The molecule has 1 unspecified atom stereocenters. The largest absolute Gasteiger partial charge is 0.486 e. The zero-order valence-corrected chi connectivity index (χ0v) is 16.2. The fraction of sp³-hybridized carbons (Fsp3) is 0.238. The molecule has 9 heteroatoms. The van der Waals surface area contributed by atoms with Gasteiger partial charge in [0, 0.05) is 12.1 Å². The predicted molar refractivity (Wildman–Crippen MR) is 110 cm³/mol. The Morgan fingerprint density at radius 2 is 2.03 bits per heavy atom. The molecule has 0 spiro atoms. The molecular weight excluding hydrogens is 384 g/mol. The number of hydrogen-bond acceptors (Lipinski definition) is 5. The van der Waals surface area contributed by atoms with Crippen molar-refractivity contribution in [3.8, 4) is 5.75 Å². The van der Waals surface area contributed by atoms with E-state index in [2.05, 4.69) is 31.1 Å². The molecule has 0 saturated carbocycles. The van der Waals surface area contributed by atoms with Crippen molar-refractivity contribution in [1.82, 2.24) is 25.8 Å². The Balaban J connectivity index is 1.25. The van der Waals surface area contributed by atoms with Crippen LogP contribution >= 0.6 is 0 Å². The van der Waals surface area contributed by atoms with Crippen molar-refractivity contribution in [2.24, 2.45) is 0 Å². The van der Waals surface area contributed by atoms with Crippen LogP contribution in [-0.2, 0) is 17.9 Å². The first-order valence-corrected chi connectivity index (χ1v) is 9.68. The monoisotopic (exact) mass is 406 g/mol. The summed E-state index contributed by atoms with van der Waals surface area (Å²) < 4.78 is 5.61. The van der Waals surface area contributed by atoms with Gasteiger partial charge in [0.1, 0.15) is 12.4 Å². The van der Waals surface area contributed by atoms with Crippen LogP contribution in [0.25, 0.3) is 0 Å². The minimum absolute atomic E-state index is 0.00732. The number of para-hydroxylation sites is 1. The van der Waals surface area contributed by atoms with Crippen molar-refractivity contribution in [3.05, 3.63) is 71.8 Å². The minimum Gasteiger partial charge on any atom is -0.486 e. The third kappa shape index (κ3) is 5.13. The highest BCUT2D eigenvalue weighted by Gasteiger charge is 2.22. The topological polar surface area (TPSA) is 121 Å². The fourth-order valence-corrected chi connectivity index (χ4v) is 3.18. The van der Waals surface area contributed by atoms with Crippen molar-refractivity contribution >= 4 is 17.6 Å². The van der Waals surface area contributed by atoms with Gasteiger partial charge < -0.3 is 20.7 Å². The van der Waals surface area contributed by atoms with Gasteiger partial charge in [0.05, 0.1) is 12.6 Å². The molecule has 1 aliphatic heterocycles. The van der Waals surface area contributed by atoms with Crippen LogP contribution in [0, 0.1) is 0 Å². The molecule has 3 amide bonds. The van der Waals surface area contributed by atoms with Crippen LogP contribution in [0.2, 0.25) is 0 Å². The Bertz CT molecular complexity index is 1020. The lowest BCUT2D eigenvalue weighted by Crippen LogP contribution is -2.28. The van der Waals surface area contributed by atoms with Gasteiger partial charge in [-0.3, -0.25) is 9.89 Å². The van der Waals surface area contributed by atoms with Gasteiger partial charge in [0.15, 0.2) is 11.6 Å². The molecule has 2 heterocycles. The van der Waals surface area contributed by atoms with E-state index in [-0.39, 0.29) is 31.1 Å². The number of rotatable bonds is 7. The standard InChI is InChI=1S/C21H22N6O3/c28-20-10-9-17(24-20)14-5-4-6-15(11-14)23-21(29)22-12-18-25-19(27-26-18)13-30-16-7-2-1-3-8-16/h1-8,11,17H,9-10,12-13H2,(H,24,28)(H2,22,23,29)(H,25,26,27). The zero-order chi connectivity index (χ0) is 20.8. The van der Waals surface area contributed by atoms with E-state index in [1.807, 2.05) is 48.5 Å². The molecule has 1 saturated heterocycles. The molecule has 4 N–H and O–H groups in total. The normalized spacial score (nSPS) is 15.5. The molecule has 154 valence electrons. The molecular formula is C21H22N6O3. The van der Waals surface area contributed by atoms with Crippen LogP contribution in [0.4, 0.5) is 10.5 Å². The van der Waals surface area contributed by atoms with Gasteiger partial charge >= 0.3 is 6.03 Å². The molecule has 1 aliphatic rings. The molecule has 4 rings (SSSR count). The highest BCUT2D eigenvalue weighted by atomic mass is 16.5. The average Bonchev–Trinajstić information content (AvgIpc) is 3.41. The summed E-state index contributed by atoms with van der Waals surface area (Å²) in [5, 5.41) is 15.3. The predicted octanol–water partition coefficient (Wildman–Crippen LogP) is 2.66. The smallest absolute Gasteiger partial charge is 0.319 e. The van der Waals surface area contributed by atoms with Gasteiger partial charge in [-0.05, 0) is 36.2 Å². The number of aromatic amines is 1. The molecule has 0 bridgehead atoms. The van der Waals surface area contributed by atoms with Crippen molar-refractivity contribution in [3.63, 3.8) is 0 Å². The third-order valence-corrected chi connectivity index (χ3v) is 4.65. The van der Waals surface area contributed by atoms with Gasteiger partial charge in [-0.1, -0.05) is 30.3 Å². The molecule has 30 heavy (non-hydrogen) atoms. The van der Waals surface area contributed by atoms with E-state index in [1.165, 1.54) is 0 Å². The first kappa shape index (κ1) is 19.4. The summed E-state index contributed by atoms with van der Waals surface area (Å²) in [5.74, 6) is 1.82. The fourth-order valence-electron chi connectivity index (χ4n) is 3.18. The van der Waals surface area contributed by atoms with E-state index in [0.717, 1.165) is 17.7 Å². The van der Waals surface area contributed by atoms with Crippen LogP contribution in [0.5, 0.6) is 5.75 Å². The number of nitrogens with one attached hydrogen (secondary N) is 4. The average molecular weight is 406 g/mol. The van der Waals surface area contributed by atoms with Gasteiger partial charge in [0.2, 0.25) is 5.91 Å². The van der Waals surface area contributed by atoms with Crippen molar-refractivity contribution in [2.45, 2.75) is 32.0 Å². The lowest BCUT2D eigenvalue weighted by Gasteiger charge is -2.12. The second kappa shape index (κ2) is 9.08. The molecule has 3 aromatic rings. The van der Waals surface area contributed by atoms with Crippen LogP contribution in [0.3, 0.4) is 0 Å². The maximum absolute atomic E-state index is 12.2. The van der Waals surface area contributed by atoms with E-state index >= 15 is 0 Å². The van der Waals surface area contributed by atoms with E-state index in [0.29, 0.717) is 23.8 Å². The van der Waals surface area contributed by atoms with Crippen molar-refractivity contribution in [2.75, 3.05) is 5.32 Å². The number of benzene rings is 2. The molecule has 9 nitrogen and oxygen atoms in total. The van der Waals surface area contributed by atoms with E-state index in [4.69, 9.17) is 4.74 Å². The molecule has 0 radical (unpaired) electrons. The van der Waals surface area contributed by atoms with Crippen LogP contribution in [0.15, 0.2) is 54.6 Å². The molecule has 0 aliphatic carbocycles. The second-order valence-electron chi connectivity index (χ2n) is 6.89. The zero-order valence-electron chi connectivity index (χ0n) is 16.2. The van der Waals surface area contributed by atoms with Crippen molar-refractivity contribution in [1.29, 1.82) is 0 Å². The number of H-pyrrole nitrogens is 1. The number of anilines is 1. The number of ether oxygens (including phenoxy) is 1. The summed E-state index contributed by atoms with van der Waals surface area (Å²) >= 11 is 0. The SMILES string of the molecule is O=C1CCC(c2cccc(NC(=O)NCc3n[nH]c(COc4ccccc4)n3)c2)N1. The number of amides is 3. The molecule has 1 fully saturated rings. The summed E-state index contributed by atoms with van der Waals surface area (Å²) in [6.07, 6.45) is 1.29. The van der Waals surface area contributed by atoms with Crippen LogP contribution in [0.1, 0.15) is 36.1 Å². The van der Waals surface area contributed by atoms with Crippen LogP contribution in [-0.4, -0.2) is 27.1 Å². The summed E-state index contributed by atoms with van der Waals surface area (Å²) in [5.41, 5.74) is 1.62. The quantitative estimate of drug-likeness (QED) is 0.481. The van der Waals surface area contributed by atoms with E-state index < -0.39 is 0 Å². The molecule has 2 aromatic carbocycles. The van der Waals surface area contributed by atoms with Gasteiger partial charge in [-0.2, -0.15) is 5.10 Å².